The minimum Gasteiger partial charge on any atom is -0.454 e. The standard InChI is InChI=1S/C21H21N5O7S/c27-34(28,11-13-4-2-1-3-5-13)23-15-9-29-20-16(10-30-19(15)20)26-21(22-24-25-26)33-14-6-7-17-18(8-14)32-12-31-17/h1-8,15-16,19-20,23H,9-12H2/t15-,16+,19-,20+/m1/s1. The van der Waals surface area contributed by atoms with Gasteiger partial charge in [-0.3, -0.25) is 0 Å². The number of fused-ring (bicyclic) bond motifs is 2. The van der Waals surface area contributed by atoms with Crippen molar-refractivity contribution in [3.05, 3.63) is 54.1 Å². The Balaban J connectivity index is 1.14. The molecule has 3 aromatic rings. The molecule has 0 saturated carbocycles. The molecule has 0 spiro atoms. The Hall–Kier alpha value is -3.26. The topological polar surface area (TPSA) is 136 Å². The van der Waals surface area contributed by atoms with Gasteiger partial charge in [-0.1, -0.05) is 35.4 Å². The Morgan fingerprint density at radius 1 is 1.03 bits per heavy atom. The van der Waals surface area contributed by atoms with Gasteiger partial charge in [-0.15, -0.1) is 0 Å². The minimum absolute atomic E-state index is 0.119. The highest BCUT2D eigenvalue weighted by molar-refractivity contribution is 7.88. The van der Waals surface area contributed by atoms with Crippen LogP contribution in [0.2, 0.25) is 0 Å². The molecular weight excluding hydrogens is 466 g/mol. The van der Waals surface area contributed by atoms with Crippen molar-refractivity contribution in [1.29, 1.82) is 0 Å². The van der Waals surface area contributed by atoms with Crippen LogP contribution in [0.3, 0.4) is 0 Å². The van der Waals surface area contributed by atoms with Crippen molar-refractivity contribution in [2.24, 2.45) is 0 Å². The van der Waals surface area contributed by atoms with E-state index in [2.05, 4.69) is 20.2 Å². The van der Waals surface area contributed by atoms with Crippen molar-refractivity contribution in [2.75, 3.05) is 20.0 Å². The Morgan fingerprint density at radius 2 is 1.85 bits per heavy atom. The largest absolute Gasteiger partial charge is 0.454 e. The van der Waals surface area contributed by atoms with Crippen LogP contribution in [0, 0.1) is 0 Å². The fraction of sp³-hybridized carbons (Fsp3) is 0.381. The monoisotopic (exact) mass is 487 g/mol. The first-order chi connectivity index (χ1) is 16.6. The average molecular weight is 487 g/mol. The van der Waals surface area contributed by atoms with Crippen LogP contribution >= 0.6 is 0 Å². The minimum atomic E-state index is -3.59. The summed E-state index contributed by atoms with van der Waals surface area (Å²) in [5.74, 6) is 1.57. The van der Waals surface area contributed by atoms with Gasteiger partial charge in [-0.05, 0) is 28.1 Å². The predicted molar refractivity (Wildman–Crippen MR) is 115 cm³/mol. The first-order valence-electron chi connectivity index (χ1n) is 10.7. The molecule has 1 N–H and O–H groups in total. The molecule has 2 fully saturated rings. The van der Waals surface area contributed by atoms with Crippen LogP contribution in [0.15, 0.2) is 48.5 Å². The molecule has 0 radical (unpaired) electrons. The lowest BCUT2D eigenvalue weighted by Crippen LogP contribution is -2.44. The van der Waals surface area contributed by atoms with E-state index in [4.69, 9.17) is 23.7 Å². The molecule has 2 aromatic carbocycles. The molecular formula is C21H21N5O7S. The lowest BCUT2D eigenvalue weighted by molar-refractivity contribution is 0.0615. The van der Waals surface area contributed by atoms with E-state index in [-0.39, 0.29) is 37.8 Å². The summed E-state index contributed by atoms with van der Waals surface area (Å²) >= 11 is 0. The van der Waals surface area contributed by atoms with Gasteiger partial charge in [-0.25, -0.2) is 13.1 Å². The lowest BCUT2D eigenvalue weighted by atomic mass is 10.1. The molecule has 0 aliphatic carbocycles. The van der Waals surface area contributed by atoms with Gasteiger partial charge in [0.2, 0.25) is 16.8 Å². The van der Waals surface area contributed by atoms with Crippen molar-refractivity contribution in [3.63, 3.8) is 0 Å². The first kappa shape index (κ1) is 21.3. The van der Waals surface area contributed by atoms with E-state index in [1.807, 2.05) is 6.07 Å². The lowest BCUT2D eigenvalue weighted by Gasteiger charge is -2.18. The van der Waals surface area contributed by atoms with E-state index in [0.717, 1.165) is 0 Å². The number of hydrogen-bond donors (Lipinski definition) is 1. The second-order valence-corrected chi connectivity index (χ2v) is 9.91. The summed E-state index contributed by atoms with van der Waals surface area (Å²) in [5.41, 5.74) is 0.703. The van der Waals surface area contributed by atoms with Crippen LogP contribution in [-0.4, -0.2) is 66.9 Å². The van der Waals surface area contributed by atoms with Gasteiger partial charge in [0.25, 0.3) is 0 Å². The van der Waals surface area contributed by atoms with Crippen LogP contribution in [0.1, 0.15) is 11.6 Å². The summed E-state index contributed by atoms with van der Waals surface area (Å²) in [6, 6.07) is 13.4. The number of rotatable bonds is 7. The fourth-order valence-electron chi connectivity index (χ4n) is 4.36. The van der Waals surface area contributed by atoms with E-state index in [9.17, 15) is 8.42 Å². The van der Waals surface area contributed by atoms with Gasteiger partial charge >= 0.3 is 6.01 Å². The van der Waals surface area contributed by atoms with Crippen LogP contribution in [0.4, 0.5) is 0 Å². The van der Waals surface area contributed by atoms with E-state index >= 15 is 0 Å². The molecule has 12 nitrogen and oxygen atoms in total. The van der Waals surface area contributed by atoms with E-state index in [0.29, 0.717) is 22.8 Å². The van der Waals surface area contributed by atoms with Crippen molar-refractivity contribution in [3.8, 4) is 23.3 Å². The third-order valence-corrected chi connectivity index (χ3v) is 7.26. The number of ether oxygens (including phenoxy) is 5. The van der Waals surface area contributed by atoms with Crippen molar-refractivity contribution < 1.29 is 32.1 Å². The number of aromatic nitrogens is 4. The quantitative estimate of drug-likeness (QED) is 0.514. The molecule has 0 amide bonds. The third kappa shape index (κ3) is 4.07. The molecule has 2 saturated heterocycles. The predicted octanol–water partition coefficient (Wildman–Crippen LogP) is 1.02. The molecule has 178 valence electrons. The molecule has 34 heavy (non-hydrogen) atoms. The van der Waals surface area contributed by atoms with Gasteiger partial charge in [0.1, 0.15) is 24.0 Å². The summed E-state index contributed by atoms with van der Waals surface area (Å²) in [6.45, 7) is 0.585. The van der Waals surface area contributed by atoms with Crippen LogP contribution in [0.25, 0.3) is 0 Å². The van der Waals surface area contributed by atoms with Crippen LogP contribution < -0.4 is 18.9 Å². The van der Waals surface area contributed by atoms with Crippen LogP contribution in [-0.2, 0) is 25.2 Å². The van der Waals surface area contributed by atoms with Gasteiger partial charge in [0.05, 0.1) is 25.0 Å². The molecule has 6 rings (SSSR count). The number of hydrogen-bond acceptors (Lipinski definition) is 10. The van der Waals surface area contributed by atoms with Gasteiger partial charge in [-0.2, -0.15) is 4.68 Å². The van der Waals surface area contributed by atoms with E-state index in [1.54, 1.807) is 42.5 Å². The maximum atomic E-state index is 12.7. The molecule has 3 aliphatic heterocycles. The van der Waals surface area contributed by atoms with Crippen molar-refractivity contribution in [2.45, 2.75) is 30.0 Å². The summed E-state index contributed by atoms with van der Waals surface area (Å²) in [6.07, 6.45) is -0.912. The summed E-state index contributed by atoms with van der Waals surface area (Å²) in [5, 5.41) is 11.8. The third-order valence-electron chi connectivity index (χ3n) is 5.89. The number of benzene rings is 2. The number of sulfonamides is 1. The summed E-state index contributed by atoms with van der Waals surface area (Å²) < 4.78 is 58.0. The SMILES string of the molecule is O=S(=O)(Cc1ccccc1)N[C@@H]1CO[C@@H]2[C@@H]1OC[C@@H]2n1nnnc1Oc1ccc2c(c1)OCO2. The average Bonchev–Trinajstić information content (AvgIpc) is 3.60. The van der Waals surface area contributed by atoms with Crippen molar-refractivity contribution in [1.82, 2.24) is 24.9 Å². The number of nitrogens with one attached hydrogen (secondary N) is 1. The maximum absolute atomic E-state index is 12.7. The highest BCUT2D eigenvalue weighted by atomic mass is 32.2. The second kappa shape index (κ2) is 8.51. The zero-order chi connectivity index (χ0) is 23.1. The van der Waals surface area contributed by atoms with Crippen LogP contribution in [0.5, 0.6) is 23.3 Å². The Bertz CT molecular complexity index is 1290. The number of tetrazole rings is 1. The molecule has 4 atom stereocenters. The zero-order valence-electron chi connectivity index (χ0n) is 17.8. The van der Waals surface area contributed by atoms with Crippen molar-refractivity contribution >= 4 is 10.0 Å². The Labute approximate surface area is 194 Å². The molecule has 13 heteroatoms. The maximum Gasteiger partial charge on any atom is 0.341 e. The van der Waals surface area contributed by atoms with Gasteiger partial charge < -0.3 is 23.7 Å². The van der Waals surface area contributed by atoms with E-state index < -0.39 is 28.3 Å². The molecule has 1 aromatic heterocycles. The molecule has 0 bridgehead atoms. The molecule has 4 heterocycles. The van der Waals surface area contributed by atoms with Gasteiger partial charge in [0, 0.05) is 6.07 Å². The summed E-state index contributed by atoms with van der Waals surface area (Å²) in [7, 11) is -3.59. The zero-order valence-corrected chi connectivity index (χ0v) is 18.6. The Kier molecular flexibility index (Phi) is 5.32. The summed E-state index contributed by atoms with van der Waals surface area (Å²) in [4.78, 5) is 0. The first-order valence-corrected chi connectivity index (χ1v) is 12.3. The highest BCUT2D eigenvalue weighted by Gasteiger charge is 2.50. The molecule has 0 unspecified atom stereocenters. The Morgan fingerprint density at radius 3 is 2.74 bits per heavy atom. The number of nitrogens with zero attached hydrogens (tertiary/aromatic N) is 4. The van der Waals surface area contributed by atoms with E-state index in [1.165, 1.54) is 4.68 Å². The molecule has 3 aliphatic rings. The van der Waals surface area contributed by atoms with Gasteiger partial charge in [0.15, 0.2) is 11.5 Å². The fourth-order valence-corrected chi connectivity index (χ4v) is 5.74. The normalized spacial score (nSPS) is 25.4. The smallest absolute Gasteiger partial charge is 0.341 e. The second-order valence-electron chi connectivity index (χ2n) is 8.16. The highest BCUT2D eigenvalue weighted by Crippen LogP contribution is 2.38.